The zero-order valence-electron chi connectivity index (χ0n) is 13.4. The number of benzene rings is 2. The standard InChI is InChI=1S/C17H20ClNO3S/c1-4-13-5-8-16(9-6-13)23(20,21)19(2)12-14-11-15(18)7-10-17(14)22-3/h5-11H,4,12H2,1-3H3. The Kier molecular flexibility index (Phi) is 5.68. The Morgan fingerprint density at radius 2 is 1.78 bits per heavy atom. The third-order valence-corrected chi connectivity index (χ3v) is 5.73. The van der Waals surface area contributed by atoms with Crippen LogP contribution in [0.25, 0.3) is 0 Å². The number of ether oxygens (including phenoxy) is 1. The highest BCUT2D eigenvalue weighted by atomic mass is 35.5. The summed E-state index contributed by atoms with van der Waals surface area (Å²) in [5.41, 5.74) is 1.82. The lowest BCUT2D eigenvalue weighted by Crippen LogP contribution is -2.26. The third kappa shape index (κ3) is 4.05. The molecule has 0 atom stereocenters. The van der Waals surface area contributed by atoms with Crippen molar-refractivity contribution in [1.29, 1.82) is 0 Å². The molecule has 0 heterocycles. The van der Waals surface area contributed by atoms with Gasteiger partial charge in [0, 0.05) is 24.2 Å². The van der Waals surface area contributed by atoms with Gasteiger partial charge in [0.05, 0.1) is 12.0 Å². The SMILES string of the molecule is CCc1ccc(S(=O)(=O)N(C)Cc2cc(Cl)ccc2OC)cc1. The first-order valence-corrected chi connectivity index (χ1v) is 9.08. The molecule has 2 aromatic carbocycles. The molecule has 0 aromatic heterocycles. The summed E-state index contributed by atoms with van der Waals surface area (Å²) in [4.78, 5) is 0.276. The fourth-order valence-corrected chi connectivity index (χ4v) is 3.62. The fourth-order valence-electron chi connectivity index (χ4n) is 2.27. The van der Waals surface area contributed by atoms with Crippen molar-refractivity contribution in [2.24, 2.45) is 0 Å². The molecule has 0 saturated heterocycles. The quantitative estimate of drug-likeness (QED) is 0.794. The molecule has 0 saturated carbocycles. The summed E-state index contributed by atoms with van der Waals surface area (Å²) in [7, 11) is -0.474. The Morgan fingerprint density at radius 1 is 1.13 bits per heavy atom. The Balaban J connectivity index is 2.28. The van der Waals surface area contributed by atoms with Crippen molar-refractivity contribution in [3.05, 3.63) is 58.6 Å². The topological polar surface area (TPSA) is 46.6 Å². The first kappa shape index (κ1) is 17.8. The maximum Gasteiger partial charge on any atom is 0.243 e. The summed E-state index contributed by atoms with van der Waals surface area (Å²) in [6.07, 6.45) is 0.871. The Hall–Kier alpha value is -1.56. The molecule has 23 heavy (non-hydrogen) atoms. The zero-order valence-corrected chi connectivity index (χ0v) is 15.0. The highest BCUT2D eigenvalue weighted by molar-refractivity contribution is 7.89. The van der Waals surface area contributed by atoms with Crippen LogP contribution in [0.1, 0.15) is 18.1 Å². The minimum absolute atomic E-state index is 0.182. The summed E-state index contributed by atoms with van der Waals surface area (Å²) in [6, 6.07) is 12.1. The molecule has 4 nitrogen and oxygen atoms in total. The number of methoxy groups -OCH3 is 1. The van der Waals surface area contributed by atoms with Crippen LogP contribution in [0, 0.1) is 0 Å². The van der Waals surface area contributed by atoms with Crippen LogP contribution in [0.5, 0.6) is 5.75 Å². The molecule has 0 aliphatic rings. The number of rotatable bonds is 6. The average molecular weight is 354 g/mol. The number of aryl methyl sites for hydroxylation is 1. The van der Waals surface area contributed by atoms with Crippen molar-refractivity contribution in [3.63, 3.8) is 0 Å². The monoisotopic (exact) mass is 353 g/mol. The number of halogens is 1. The van der Waals surface area contributed by atoms with E-state index < -0.39 is 10.0 Å². The van der Waals surface area contributed by atoms with E-state index in [0.717, 1.165) is 17.5 Å². The minimum atomic E-state index is -3.57. The smallest absolute Gasteiger partial charge is 0.243 e. The van der Waals surface area contributed by atoms with Crippen LogP contribution in [0.2, 0.25) is 5.02 Å². The van der Waals surface area contributed by atoms with Crippen molar-refractivity contribution in [1.82, 2.24) is 4.31 Å². The molecule has 0 aliphatic carbocycles. The van der Waals surface area contributed by atoms with Gasteiger partial charge in [-0.25, -0.2) is 8.42 Å². The summed E-state index contributed by atoms with van der Waals surface area (Å²) in [6.45, 7) is 2.21. The first-order valence-electron chi connectivity index (χ1n) is 7.26. The van der Waals surface area contributed by atoms with E-state index in [0.29, 0.717) is 10.8 Å². The van der Waals surface area contributed by atoms with Crippen LogP contribution >= 0.6 is 11.6 Å². The van der Waals surface area contributed by atoms with Crippen LogP contribution in [-0.4, -0.2) is 26.9 Å². The molecule has 0 radical (unpaired) electrons. The van der Waals surface area contributed by atoms with Crippen LogP contribution in [0.15, 0.2) is 47.4 Å². The van der Waals surface area contributed by atoms with Gasteiger partial charge in [0.1, 0.15) is 5.75 Å². The maximum absolute atomic E-state index is 12.7. The Bertz CT molecular complexity index is 773. The lowest BCUT2D eigenvalue weighted by molar-refractivity contribution is 0.398. The zero-order chi connectivity index (χ0) is 17.0. The first-order chi connectivity index (χ1) is 10.9. The minimum Gasteiger partial charge on any atom is -0.496 e. The molecule has 2 aromatic rings. The molecule has 2 rings (SSSR count). The van der Waals surface area contributed by atoms with Crippen molar-refractivity contribution in [2.45, 2.75) is 24.8 Å². The van der Waals surface area contributed by atoms with E-state index in [9.17, 15) is 8.42 Å². The van der Waals surface area contributed by atoms with Crippen molar-refractivity contribution in [2.75, 3.05) is 14.2 Å². The highest BCUT2D eigenvalue weighted by Gasteiger charge is 2.22. The van der Waals surface area contributed by atoms with Gasteiger partial charge in [-0.1, -0.05) is 30.7 Å². The van der Waals surface area contributed by atoms with Crippen LogP contribution in [0.3, 0.4) is 0 Å². The second-order valence-electron chi connectivity index (χ2n) is 5.21. The molecule has 0 N–H and O–H groups in total. The summed E-state index contributed by atoms with van der Waals surface area (Å²) >= 11 is 6.00. The molecule has 0 aliphatic heterocycles. The van der Waals surface area contributed by atoms with Gasteiger partial charge in [-0.05, 0) is 42.3 Å². The lowest BCUT2D eigenvalue weighted by Gasteiger charge is -2.19. The van der Waals surface area contributed by atoms with Gasteiger partial charge in [-0.2, -0.15) is 4.31 Å². The third-order valence-electron chi connectivity index (χ3n) is 3.68. The number of hydrogen-bond donors (Lipinski definition) is 0. The van der Waals surface area contributed by atoms with E-state index in [2.05, 4.69) is 0 Å². The summed E-state index contributed by atoms with van der Waals surface area (Å²) < 4.78 is 31.9. The normalized spacial score (nSPS) is 11.7. The Morgan fingerprint density at radius 3 is 2.35 bits per heavy atom. The number of hydrogen-bond acceptors (Lipinski definition) is 3. The summed E-state index contributed by atoms with van der Waals surface area (Å²) in [5.74, 6) is 0.609. The molecule has 0 fully saturated rings. The van der Waals surface area contributed by atoms with Gasteiger partial charge < -0.3 is 4.74 Å². The van der Waals surface area contributed by atoms with E-state index in [-0.39, 0.29) is 11.4 Å². The molecular formula is C17H20ClNO3S. The van der Waals surface area contributed by atoms with Crippen LogP contribution < -0.4 is 4.74 Å². The van der Waals surface area contributed by atoms with Crippen LogP contribution in [0.4, 0.5) is 0 Å². The van der Waals surface area contributed by atoms with Gasteiger partial charge in [-0.15, -0.1) is 0 Å². The fraction of sp³-hybridized carbons (Fsp3) is 0.294. The van der Waals surface area contributed by atoms with Gasteiger partial charge >= 0.3 is 0 Å². The number of nitrogens with zero attached hydrogens (tertiary/aromatic N) is 1. The van der Waals surface area contributed by atoms with E-state index in [4.69, 9.17) is 16.3 Å². The van der Waals surface area contributed by atoms with E-state index >= 15 is 0 Å². The molecule has 6 heteroatoms. The lowest BCUT2D eigenvalue weighted by atomic mass is 10.2. The van der Waals surface area contributed by atoms with E-state index in [1.54, 1.807) is 44.5 Å². The molecule has 0 amide bonds. The van der Waals surface area contributed by atoms with Crippen molar-refractivity contribution < 1.29 is 13.2 Å². The Labute approximate surface area is 142 Å². The van der Waals surface area contributed by atoms with E-state index in [1.807, 2.05) is 19.1 Å². The van der Waals surface area contributed by atoms with Gasteiger partial charge in [-0.3, -0.25) is 0 Å². The predicted octanol–water partition coefficient (Wildman–Crippen LogP) is 3.73. The van der Waals surface area contributed by atoms with Crippen molar-refractivity contribution in [3.8, 4) is 5.75 Å². The molecule has 0 unspecified atom stereocenters. The van der Waals surface area contributed by atoms with Crippen molar-refractivity contribution >= 4 is 21.6 Å². The second-order valence-corrected chi connectivity index (χ2v) is 7.70. The molecular weight excluding hydrogens is 334 g/mol. The predicted molar refractivity (Wildman–Crippen MR) is 92.5 cm³/mol. The van der Waals surface area contributed by atoms with Gasteiger partial charge in [0.25, 0.3) is 0 Å². The van der Waals surface area contributed by atoms with E-state index in [1.165, 1.54) is 4.31 Å². The van der Waals surface area contributed by atoms with Gasteiger partial charge in [0.2, 0.25) is 10.0 Å². The second kappa shape index (κ2) is 7.34. The summed E-state index contributed by atoms with van der Waals surface area (Å²) in [5, 5.41) is 0.541. The largest absolute Gasteiger partial charge is 0.496 e. The highest BCUT2D eigenvalue weighted by Crippen LogP contribution is 2.26. The van der Waals surface area contributed by atoms with Crippen LogP contribution in [-0.2, 0) is 23.0 Å². The molecule has 0 spiro atoms. The number of sulfonamides is 1. The molecule has 0 bridgehead atoms. The maximum atomic E-state index is 12.7. The molecule has 124 valence electrons. The van der Waals surface area contributed by atoms with Gasteiger partial charge in [0.15, 0.2) is 0 Å². The average Bonchev–Trinajstić information content (AvgIpc) is 2.55.